The van der Waals surface area contributed by atoms with Crippen LogP contribution in [0.2, 0.25) is 0 Å². The lowest BCUT2D eigenvalue weighted by atomic mass is 10.2. The number of nitrogens with zero attached hydrogens (tertiary/aromatic N) is 1. The summed E-state index contributed by atoms with van der Waals surface area (Å²) in [6.45, 7) is 2.99. The summed E-state index contributed by atoms with van der Waals surface area (Å²) < 4.78 is 18.5. The number of para-hydroxylation sites is 1. The molecule has 1 N–H and O–H groups in total. The van der Waals surface area contributed by atoms with Crippen LogP contribution in [0, 0.1) is 5.82 Å². The predicted octanol–water partition coefficient (Wildman–Crippen LogP) is 2.99. The van der Waals surface area contributed by atoms with Gasteiger partial charge in [0, 0.05) is 12.6 Å². The molecule has 0 radical (unpaired) electrons. The molecular weight excluding hydrogens is 339 g/mol. The second kappa shape index (κ2) is 8.75. The molecule has 0 fully saturated rings. The number of rotatable bonds is 6. The molecule has 7 heteroatoms. The zero-order valence-corrected chi connectivity index (χ0v) is 14.5. The molecule has 6 nitrogen and oxygen atoms in total. The Balaban J connectivity index is 2.11. The van der Waals surface area contributed by atoms with E-state index >= 15 is 0 Å². The highest BCUT2D eigenvalue weighted by Crippen LogP contribution is 2.17. The molecule has 0 aliphatic carbocycles. The van der Waals surface area contributed by atoms with E-state index in [1.165, 1.54) is 42.2 Å². The average molecular weight is 358 g/mol. The molecule has 2 amide bonds. The van der Waals surface area contributed by atoms with Crippen molar-refractivity contribution in [2.75, 3.05) is 23.4 Å². The number of halogens is 1. The van der Waals surface area contributed by atoms with E-state index in [1.54, 1.807) is 25.1 Å². The Labute approximate surface area is 150 Å². The fourth-order valence-corrected chi connectivity index (χ4v) is 2.27. The van der Waals surface area contributed by atoms with Crippen molar-refractivity contribution in [1.82, 2.24) is 0 Å². The molecule has 0 saturated carbocycles. The van der Waals surface area contributed by atoms with Crippen LogP contribution in [0.5, 0.6) is 0 Å². The first-order chi connectivity index (χ1) is 12.4. The third kappa shape index (κ3) is 4.89. The third-order valence-corrected chi connectivity index (χ3v) is 3.52. The fraction of sp³-hybridized carbons (Fsp3) is 0.211. The smallest absolute Gasteiger partial charge is 0.338 e. The van der Waals surface area contributed by atoms with Gasteiger partial charge < -0.3 is 15.0 Å². The minimum Gasteiger partial charge on any atom is -0.462 e. The number of carbonyl (C=O) groups excluding carboxylic acids is 3. The summed E-state index contributed by atoms with van der Waals surface area (Å²) in [5.41, 5.74) is 0.822. The molecule has 0 spiro atoms. The summed E-state index contributed by atoms with van der Waals surface area (Å²) in [5.74, 6) is -1.93. The summed E-state index contributed by atoms with van der Waals surface area (Å²) in [5, 5.41) is 2.43. The van der Waals surface area contributed by atoms with Crippen LogP contribution in [0.3, 0.4) is 0 Å². The van der Waals surface area contributed by atoms with Gasteiger partial charge in [-0.1, -0.05) is 12.1 Å². The van der Waals surface area contributed by atoms with Crippen LogP contribution in [-0.4, -0.2) is 30.9 Å². The van der Waals surface area contributed by atoms with Crippen molar-refractivity contribution >= 4 is 29.2 Å². The lowest BCUT2D eigenvalue weighted by molar-refractivity contribution is -0.120. The summed E-state index contributed by atoms with van der Waals surface area (Å²) in [6, 6.07) is 11.9. The average Bonchev–Trinajstić information content (AvgIpc) is 2.62. The first kappa shape index (κ1) is 19.1. The maximum atomic E-state index is 13.6. The molecule has 0 saturated heterocycles. The number of ether oxygens (including phenoxy) is 1. The molecule has 0 aliphatic rings. The van der Waals surface area contributed by atoms with Crippen molar-refractivity contribution < 1.29 is 23.5 Å². The van der Waals surface area contributed by atoms with Crippen molar-refractivity contribution in [3.8, 4) is 0 Å². The molecule has 0 unspecified atom stereocenters. The fourth-order valence-electron chi connectivity index (χ4n) is 2.27. The molecular formula is C19H19FN2O4. The van der Waals surface area contributed by atoms with Crippen LogP contribution < -0.4 is 10.2 Å². The highest BCUT2D eigenvalue weighted by molar-refractivity contribution is 6.02. The number of nitrogens with one attached hydrogen (secondary N) is 1. The van der Waals surface area contributed by atoms with E-state index in [0.29, 0.717) is 11.3 Å². The van der Waals surface area contributed by atoms with Gasteiger partial charge in [0.2, 0.25) is 11.8 Å². The standard InChI is InChI=1S/C19H19FN2O4/c1-3-26-19(25)14-8-10-15(11-9-14)22(13(2)23)12-18(24)21-17-7-5-4-6-16(17)20/h4-11H,3,12H2,1-2H3,(H,21,24). The van der Waals surface area contributed by atoms with Gasteiger partial charge in [-0.25, -0.2) is 9.18 Å². The maximum absolute atomic E-state index is 13.6. The van der Waals surface area contributed by atoms with Crippen LogP contribution in [-0.2, 0) is 14.3 Å². The van der Waals surface area contributed by atoms with Gasteiger partial charge >= 0.3 is 5.97 Å². The van der Waals surface area contributed by atoms with E-state index in [9.17, 15) is 18.8 Å². The number of carbonyl (C=O) groups is 3. The van der Waals surface area contributed by atoms with Gasteiger partial charge in [-0.15, -0.1) is 0 Å². The molecule has 0 heterocycles. The first-order valence-electron chi connectivity index (χ1n) is 8.02. The van der Waals surface area contributed by atoms with Gasteiger partial charge in [-0.2, -0.15) is 0 Å². The zero-order chi connectivity index (χ0) is 19.1. The number of anilines is 2. The molecule has 2 aromatic rings. The Kier molecular flexibility index (Phi) is 6.43. The highest BCUT2D eigenvalue weighted by Gasteiger charge is 2.17. The lowest BCUT2D eigenvalue weighted by Gasteiger charge is -2.21. The molecule has 26 heavy (non-hydrogen) atoms. The topological polar surface area (TPSA) is 75.7 Å². The lowest BCUT2D eigenvalue weighted by Crippen LogP contribution is -2.36. The maximum Gasteiger partial charge on any atom is 0.338 e. The molecule has 136 valence electrons. The van der Waals surface area contributed by atoms with Crippen LogP contribution >= 0.6 is 0 Å². The zero-order valence-electron chi connectivity index (χ0n) is 14.5. The van der Waals surface area contributed by atoms with Gasteiger partial charge in [0.05, 0.1) is 17.9 Å². The number of hydrogen-bond donors (Lipinski definition) is 1. The molecule has 0 aromatic heterocycles. The van der Waals surface area contributed by atoms with Gasteiger partial charge in [0.1, 0.15) is 12.4 Å². The molecule has 0 atom stereocenters. The number of esters is 1. The van der Waals surface area contributed by atoms with E-state index in [0.717, 1.165) is 0 Å². The van der Waals surface area contributed by atoms with Crippen molar-refractivity contribution in [2.24, 2.45) is 0 Å². The predicted molar refractivity (Wildman–Crippen MR) is 95.5 cm³/mol. The Bertz CT molecular complexity index is 805. The Morgan fingerprint density at radius 1 is 1.08 bits per heavy atom. The quantitative estimate of drug-likeness (QED) is 0.806. The second-order valence-electron chi connectivity index (χ2n) is 5.40. The van der Waals surface area contributed by atoms with Crippen molar-refractivity contribution in [1.29, 1.82) is 0 Å². The third-order valence-electron chi connectivity index (χ3n) is 3.52. The summed E-state index contributed by atoms with van der Waals surface area (Å²) in [7, 11) is 0. The molecule has 0 aliphatic heterocycles. The summed E-state index contributed by atoms with van der Waals surface area (Å²) in [6.07, 6.45) is 0. The van der Waals surface area contributed by atoms with E-state index in [1.807, 2.05) is 0 Å². The van der Waals surface area contributed by atoms with Crippen LogP contribution in [0.4, 0.5) is 15.8 Å². The van der Waals surface area contributed by atoms with Gasteiger partial charge in [0.15, 0.2) is 0 Å². The van der Waals surface area contributed by atoms with E-state index < -0.39 is 17.7 Å². The Morgan fingerprint density at radius 3 is 2.31 bits per heavy atom. The Hall–Kier alpha value is -3.22. The van der Waals surface area contributed by atoms with Gasteiger partial charge in [-0.3, -0.25) is 9.59 Å². The highest BCUT2D eigenvalue weighted by atomic mass is 19.1. The van der Waals surface area contributed by atoms with E-state index in [4.69, 9.17) is 4.74 Å². The van der Waals surface area contributed by atoms with Gasteiger partial charge in [0.25, 0.3) is 0 Å². The SMILES string of the molecule is CCOC(=O)c1ccc(N(CC(=O)Nc2ccccc2F)C(C)=O)cc1. The first-order valence-corrected chi connectivity index (χ1v) is 8.02. The van der Waals surface area contributed by atoms with Crippen molar-refractivity contribution in [3.05, 3.63) is 59.9 Å². The van der Waals surface area contributed by atoms with E-state index in [2.05, 4.69) is 5.32 Å². The number of benzene rings is 2. The van der Waals surface area contributed by atoms with Crippen LogP contribution in [0.25, 0.3) is 0 Å². The van der Waals surface area contributed by atoms with E-state index in [-0.39, 0.29) is 24.7 Å². The van der Waals surface area contributed by atoms with Crippen LogP contribution in [0.15, 0.2) is 48.5 Å². The number of hydrogen-bond acceptors (Lipinski definition) is 4. The normalized spacial score (nSPS) is 10.1. The van der Waals surface area contributed by atoms with Crippen LogP contribution in [0.1, 0.15) is 24.2 Å². The summed E-state index contributed by atoms with van der Waals surface area (Å²) >= 11 is 0. The second-order valence-corrected chi connectivity index (χ2v) is 5.40. The summed E-state index contributed by atoms with van der Waals surface area (Å²) in [4.78, 5) is 37.0. The largest absolute Gasteiger partial charge is 0.462 e. The van der Waals surface area contributed by atoms with Gasteiger partial charge in [-0.05, 0) is 43.3 Å². The Morgan fingerprint density at radius 2 is 1.73 bits per heavy atom. The minimum atomic E-state index is -0.561. The van der Waals surface area contributed by atoms with Crippen molar-refractivity contribution in [2.45, 2.75) is 13.8 Å². The number of amides is 2. The molecule has 2 rings (SSSR count). The van der Waals surface area contributed by atoms with Crippen molar-refractivity contribution in [3.63, 3.8) is 0 Å². The minimum absolute atomic E-state index is 0.0404. The monoisotopic (exact) mass is 358 g/mol. The molecule has 0 bridgehead atoms. The molecule has 2 aromatic carbocycles.